The lowest BCUT2D eigenvalue weighted by molar-refractivity contribution is -0.117. The van der Waals surface area contributed by atoms with Crippen LogP contribution in [-0.4, -0.2) is 47.3 Å². The topological polar surface area (TPSA) is 82.5 Å². The number of nitrogens with zero attached hydrogens (tertiary/aromatic N) is 2. The predicted octanol–water partition coefficient (Wildman–Crippen LogP) is 1.09. The van der Waals surface area contributed by atoms with E-state index in [0.717, 1.165) is 6.61 Å². The van der Waals surface area contributed by atoms with E-state index in [-0.39, 0.29) is 35.4 Å². The number of carbonyl (C=O) groups excluding carboxylic acids is 1. The van der Waals surface area contributed by atoms with Crippen LogP contribution < -0.4 is 10.9 Å². The summed E-state index contributed by atoms with van der Waals surface area (Å²) in [6.07, 6.45) is 3.71. The Balaban J connectivity index is 1.71. The van der Waals surface area contributed by atoms with Crippen LogP contribution in [0.25, 0.3) is 0 Å². The largest absolute Gasteiger partial charge is 0.376 e. The third-order valence-electron chi connectivity index (χ3n) is 3.98. The van der Waals surface area contributed by atoms with E-state index in [2.05, 4.69) is 10.3 Å². The zero-order valence-corrected chi connectivity index (χ0v) is 13.7. The first-order chi connectivity index (χ1) is 11.0. The third kappa shape index (κ3) is 4.10. The Kier molecular flexibility index (Phi) is 4.99. The lowest BCUT2D eigenvalue weighted by Gasteiger charge is -2.20. The number of aromatic nitrogens is 2. The molecule has 2 atom stereocenters. The molecule has 23 heavy (non-hydrogen) atoms. The lowest BCUT2D eigenvalue weighted by Crippen LogP contribution is -2.38. The molecule has 8 heteroatoms. The second-order valence-electron chi connectivity index (χ2n) is 6.13. The van der Waals surface area contributed by atoms with Gasteiger partial charge in [-0.3, -0.25) is 14.2 Å². The monoisotopic (exact) mass is 341 g/mol. The summed E-state index contributed by atoms with van der Waals surface area (Å²) in [5.74, 6) is 0.671. The summed E-state index contributed by atoms with van der Waals surface area (Å²) in [6, 6.07) is -0.138. The number of nitrogens with one attached hydrogen (secondary N) is 1. The molecule has 0 unspecified atom stereocenters. The van der Waals surface area contributed by atoms with Gasteiger partial charge in [-0.15, -0.1) is 0 Å². The molecular formula is C15H20ClN3O4. The molecule has 1 aliphatic carbocycles. The maximum Gasteiger partial charge on any atom is 0.294 e. The highest BCUT2D eigenvalue weighted by atomic mass is 35.5. The molecule has 2 fully saturated rings. The van der Waals surface area contributed by atoms with E-state index in [0.29, 0.717) is 19.1 Å². The van der Waals surface area contributed by atoms with Gasteiger partial charge >= 0.3 is 0 Å². The average molecular weight is 342 g/mol. The number of hydrogen-bond donors (Lipinski definition) is 1. The molecule has 1 aromatic heterocycles. The molecule has 0 amide bonds. The van der Waals surface area contributed by atoms with Crippen molar-refractivity contribution in [2.45, 2.75) is 38.5 Å². The smallest absolute Gasteiger partial charge is 0.294 e. The minimum atomic E-state index is -0.416. The number of ether oxygens (including phenoxy) is 2. The van der Waals surface area contributed by atoms with Gasteiger partial charge in [0.15, 0.2) is 5.82 Å². The van der Waals surface area contributed by atoms with Gasteiger partial charge in [-0.25, -0.2) is 4.98 Å². The molecule has 3 rings (SSSR count). The van der Waals surface area contributed by atoms with Gasteiger partial charge in [0, 0.05) is 6.61 Å². The van der Waals surface area contributed by atoms with Gasteiger partial charge in [-0.1, -0.05) is 11.6 Å². The van der Waals surface area contributed by atoms with Crippen LogP contribution in [0.4, 0.5) is 5.82 Å². The zero-order chi connectivity index (χ0) is 16.4. The minimum Gasteiger partial charge on any atom is -0.376 e. The van der Waals surface area contributed by atoms with Crippen LogP contribution in [0.2, 0.25) is 5.15 Å². The molecule has 0 aromatic carbocycles. The number of Topliss-reactive ketones (excluding diaryl/α,β-unsaturated/α-hetero) is 1. The number of anilines is 1. The summed E-state index contributed by atoms with van der Waals surface area (Å²) < 4.78 is 12.5. The van der Waals surface area contributed by atoms with E-state index in [4.69, 9.17) is 21.1 Å². The van der Waals surface area contributed by atoms with E-state index >= 15 is 0 Å². The van der Waals surface area contributed by atoms with Crippen molar-refractivity contribution >= 4 is 23.2 Å². The highest BCUT2D eigenvalue weighted by Crippen LogP contribution is 2.30. The summed E-state index contributed by atoms with van der Waals surface area (Å²) in [4.78, 5) is 27.7. The Bertz CT molecular complexity index is 644. The second kappa shape index (κ2) is 6.98. The standard InChI is InChI=1S/C15H20ClN3O4/c1-9(20)5-19-13(16)4-17-14(15(19)21)18-11-7-22-8-12(11)23-6-10-2-3-10/h4,10-12H,2-3,5-8H2,1H3,(H,17,18)/t11-,12-/m0/s1. The Morgan fingerprint density at radius 1 is 1.52 bits per heavy atom. The van der Waals surface area contributed by atoms with Crippen molar-refractivity contribution in [1.82, 2.24) is 9.55 Å². The first kappa shape index (κ1) is 16.4. The van der Waals surface area contributed by atoms with Crippen LogP contribution in [0.5, 0.6) is 0 Å². The second-order valence-corrected chi connectivity index (χ2v) is 6.51. The number of carbonyl (C=O) groups is 1. The molecule has 1 saturated carbocycles. The maximum absolute atomic E-state index is 12.4. The van der Waals surface area contributed by atoms with E-state index in [1.54, 1.807) is 0 Å². The molecule has 0 radical (unpaired) electrons. The van der Waals surface area contributed by atoms with Gasteiger partial charge in [0.05, 0.1) is 32.0 Å². The number of halogens is 1. The van der Waals surface area contributed by atoms with E-state index in [9.17, 15) is 9.59 Å². The molecule has 0 bridgehead atoms. The molecule has 0 spiro atoms. The predicted molar refractivity (Wildman–Crippen MR) is 84.9 cm³/mol. The molecule has 1 aromatic rings. The van der Waals surface area contributed by atoms with Crippen LogP contribution in [0, 0.1) is 5.92 Å². The first-order valence-electron chi connectivity index (χ1n) is 7.75. The summed E-state index contributed by atoms with van der Waals surface area (Å²) in [6.45, 7) is 3.01. The molecule has 2 aliphatic rings. The fourth-order valence-electron chi connectivity index (χ4n) is 2.49. The molecular weight excluding hydrogens is 322 g/mol. The fraction of sp³-hybridized carbons (Fsp3) is 0.667. The summed E-state index contributed by atoms with van der Waals surface area (Å²) >= 11 is 5.95. The summed E-state index contributed by atoms with van der Waals surface area (Å²) in [5, 5.41) is 3.22. The number of ketones is 1. The van der Waals surface area contributed by atoms with Crippen molar-refractivity contribution in [2.24, 2.45) is 5.92 Å². The minimum absolute atomic E-state index is 0.0718. The van der Waals surface area contributed by atoms with Crippen LogP contribution in [0.15, 0.2) is 11.0 Å². The van der Waals surface area contributed by atoms with Gasteiger partial charge in [0.25, 0.3) is 5.56 Å². The normalized spacial score (nSPS) is 23.9. The van der Waals surface area contributed by atoms with Gasteiger partial charge in [0.2, 0.25) is 0 Å². The molecule has 1 N–H and O–H groups in total. The van der Waals surface area contributed by atoms with Gasteiger partial charge in [-0.2, -0.15) is 0 Å². The van der Waals surface area contributed by atoms with Crippen LogP contribution in [-0.2, 0) is 20.8 Å². The first-order valence-corrected chi connectivity index (χ1v) is 8.13. The Morgan fingerprint density at radius 2 is 2.30 bits per heavy atom. The summed E-state index contributed by atoms with van der Waals surface area (Å²) in [7, 11) is 0. The maximum atomic E-state index is 12.4. The van der Waals surface area contributed by atoms with E-state index in [1.807, 2.05) is 0 Å². The zero-order valence-electron chi connectivity index (χ0n) is 13.0. The number of hydrogen-bond acceptors (Lipinski definition) is 6. The fourth-order valence-corrected chi connectivity index (χ4v) is 2.68. The molecule has 7 nitrogen and oxygen atoms in total. The molecule has 126 valence electrons. The average Bonchev–Trinajstić information content (AvgIpc) is 3.23. The molecule has 1 aliphatic heterocycles. The highest BCUT2D eigenvalue weighted by Gasteiger charge is 2.32. The van der Waals surface area contributed by atoms with Crippen molar-refractivity contribution < 1.29 is 14.3 Å². The van der Waals surface area contributed by atoms with Gasteiger partial charge < -0.3 is 14.8 Å². The Morgan fingerprint density at radius 3 is 3.00 bits per heavy atom. The van der Waals surface area contributed by atoms with Gasteiger partial charge in [0.1, 0.15) is 17.0 Å². The quantitative estimate of drug-likeness (QED) is 0.799. The van der Waals surface area contributed by atoms with Crippen molar-refractivity contribution in [1.29, 1.82) is 0 Å². The Labute approximate surface area is 138 Å². The third-order valence-corrected chi connectivity index (χ3v) is 4.28. The number of rotatable bonds is 7. The van der Waals surface area contributed by atoms with Crippen LogP contribution in [0.1, 0.15) is 19.8 Å². The van der Waals surface area contributed by atoms with E-state index in [1.165, 1.54) is 30.5 Å². The highest BCUT2D eigenvalue weighted by molar-refractivity contribution is 6.29. The summed E-state index contributed by atoms with van der Waals surface area (Å²) in [5.41, 5.74) is -0.416. The molecule has 2 heterocycles. The van der Waals surface area contributed by atoms with E-state index < -0.39 is 5.56 Å². The SMILES string of the molecule is CC(=O)Cn1c(Cl)cnc(N[C@H]2COC[C@@H]2OCC2CC2)c1=O. The van der Waals surface area contributed by atoms with Crippen LogP contribution in [0.3, 0.4) is 0 Å². The molecule has 1 saturated heterocycles. The lowest BCUT2D eigenvalue weighted by atomic mass is 10.2. The Hall–Kier alpha value is -1.44. The van der Waals surface area contributed by atoms with Crippen LogP contribution >= 0.6 is 11.6 Å². The van der Waals surface area contributed by atoms with Crippen molar-refractivity contribution in [3.63, 3.8) is 0 Å². The van der Waals surface area contributed by atoms with Crippen molar-refractivity contribution in [3.05, 3.63) is 21.7 Å². The van der Waals surface area contributed by atoms with Crippen molar-refractivity contribution in [3.8, 4) is 0 Å². The van der Waals surface area contributed by atoms with Crippen molar-refractivity contribution in [2.75, 3.05) is 25.1 Å². The van der Waals surface area contributed by atoms with Gasteiger partial charge in [-0.05, 0) is 25.7 Å².